The van der Waals surface area contributed by atoms with Crippen LogP contribution in [0.15, 0.2) is 143 Å². The Labute approximate surface area is 255 Å². The van der Waals surface area contributed by atoms with E-state index in [-0.39, 0.29) is 0 Å². The van der Waals surface area contributed by atoms with Gasteiger partial charge >= 0.3 is 0 Å². The van der Waals surface area contributed by atoms with E-state index in [9.17, 15) is 8.42 Å². The zero-order valence-electron chi connectivity index (χ0n) is 24.3. The summed E-state index contributed by atoms with van der Waals surface area (Å²) in [6.07, 6.45) is 0. The minimum Gasteiger partial charge on any atom is -0.309 e. The van der Waals surface area contributed by atoms with Crippen molar-refractivity contribution in [2.24, 2.45) is 0 Å². The zero-order chi connectivity index (χ0) is 29.8. The van der Waals surface area contributed by atoms with Gasteiger partial charge < -0.3 is 9.13 Å². The van der Waals surface area contributed by atoms with Crippen molar-refractivity contribution in [2.75, 3.05) is 0 Å². The molecule has 4 nitrogen and oxygen atoms in total. The Morgan fingerprint density at radius 1 is 0.455 bits per heavy atom. The summed E-state index contributed by atoms with van der Waals surface area (Å²) in [6.45, 7) is 4.29. The van der Waals surface area contributed by atoms with Gasteiger partial charge in [0.1, 0.15) is 0 Å². The van der Waals surface area contributed by atoms with Gasteiger partial charge in [-0.15, -0.1) is 0 Å². The molecule has 0 N–H and O–H groups in total. The normalized spacial score (nSPS) is 15.1. The monoisotopic (exact) mass is 588 g/mol. The number of hydrogen-bond acceptors (Lipinski definition) is 2. The summed E-state index contributed by atoms with van der Waals surface area (Å²) in [7, 11) is -3.73. The molecule has 212 valence electrons. The lowest BCUT2D eigenvalue weighted by Crippen LogP contribution is -2.30. The van der Waals surface area contributed by atoms with Gasteiger partial charge in [0.25, 0.3) is 0 Å². The third-order valence-electron chi connectivity index (χ3n) is 9.53. The van der Waals surface area contributed by atoms with Gasteiger partial charge in [-0.2, -0.15) is 0 Å². The number of benzene rings is 6. The fourth-order valence-corrected chi connectivity index (χ4v) is 9.36. The number of hydrogen-bond donors (Lipinski definition) is 0. The van der Waals surface area contributed by atoms with E-state index in [2.05, 4.69) is 132 Å². The number of rotatable bonds is 2. The lowest BCUT2D eigenvalue weighted by molar-refractivity contribution is 0.555. The predicted molar refractivity (Wildman–Crippen MR) is 179 cm³/mol. The molecule has 2 aromatic heterocycles. The van der Waals surface area contributed by atoms with Crippen LogP contribution in [0.3, 0.4) is 0 Å². The number of nitrogens with zero attached hydrogens (tertiary/aromatic N) is 2. The zero-order valence-corrected chi connectivity index (χ0v) is 25.1. The molecule has 9 rings (SSSR count). The van der Waals surface area contributed by atoms with Crippen molar-refractivity contribution in [2.45, 2.75) is 29.1 Å². The van der Waals surface area contributed by atoms with Crippen molar-refractivity contribution in [1.82, 2.24) is 9.13 Å². The molecule has 1 aliphatic rings. The third kappa shape index (κ3) is 3.25. The molecule has 0 unspecified atom stereocenters. The molecule has 0 spiro atoms. The molecule has 44 heavy (non-hydrogen) atoms. The summed E-state index contributed by atoms with van der Waals surface area (Å²) in [5.41, 5.74) is 7.33. The van der Waals surface area contributed by atoms with Gasteiger partial charge in [-0.3, -0.25) is 0 Å². The Hall–Kier alpha value is -5.13. The topological polar surface area (TPSA) is 44.0 Å². The van der Waals surface area contributed by atoms with Crippen LogP contribution in [-0.2, 0) is 15.3 Å². The van der Waals surface area contributed by atoms with E-state index in [1.54, 1.807) is 12.1 Å². The summed E-state index contributed by atoms with van der Waals surface area (Å²) >= 11 is 0. The third-order valence-corrected chi connectivity index (χ3v) is 11.4. The smallest absolute Gasteiger partial charge is 0.207 e. The Kier molecular flexibility index (Phi) is 5.02. The van der Waals surface area contributed by atoms with E-state index in [1.165, 1.54) is 21.5 Å². The van der Waals surface area contributed by atoms with Crippen LogP contribution >= 0.6 is 0 Å². The number of aromatic nitrogens is 2. The molecule has 0 atom stereocenters. The van der Waals surface area contributed by atoms with Crippen molar-refractivity contribution in [3.8, 4) is 11.4 Å². The second-order valence-electron chi connectivity index (χ2n) is 12.2. The summed E-state index contributed by atoms with van der Waals surface area (Å²) in [5, 5.41) is 4.70. The largest absolute Gasteiger partial charge is 0.309 e. The Morgan fingerprint density at radius 3 is 1.11 bits per heavy atom. The first-order valence-corrected chi connectivity index (χ1v) is 16.4. The number of sulfone groups is 1. The van der Waals surface area contributed by atoms with E-state index in [4.69, 9.17) is 0 Å². The quantitative estimate of drug-likeness (QED) is 0.202. The highest BCUT2D eigenvalue weighted by molar-refractivity contribution is 7.91. The highest BCUT2D eigenvalue weighted by atomic mass is 32.2. The van der Waals surface area contributed by atoms with Gasteiger partial charge in [0, 0.05) is 38.3 Å². The van der Waals surface area contributed by atoms with E-state index in [0.29, 0.717) is 9.79 Å². The SMILES string of the molecule is CC1(C)c2cc(-n3c4ccccc4c4ccccc43)ccc2S(=O)(=O)c2ccc(-n3c4ccccc4c4ccccc43)cc21. The lowest BCUT2D eigenvalue weighted by atomic mass is 9.77. The maximum atomic E-state index is 14.2. The molecule has 0 saturated carbocycles. The Balaban J connectivity index is 1.29. The molecule has 6 aromatic carbocycles. The average molecular weight is 589 g/mol. The number of para-hydroxylation sites is 4. The Bertz CT molecular complexity index is 2320. The molecule has 0 amide bonds. The second-order valence-corrected chi connectivity index (χ2v) is 14.1. The summed E-state index contributed by atoms with van der Waals surface area (Å²) in [6, 6.07) is 45.2. The van der Waals surface area contributed by atoms with Crippen LogP contribution in [0.2, 0.25) is 0 Å². The molecule has 0 aliphatic carbocycles. The van der Waals surface area contributed by atoms with Crippen molar-refractivity contribution >= 4 is 53.4 Å². The molecular weight excluding hydrogens is 561 g/mol. The minimum absolute atomic E-state index is 0.379. The molecule has 0 fully saturated rings. The van der Waals surface area contributed by atoms with Gasteiger partial charge in [-0.05, 0) is 71.8 Å². The van der Waals surface area contributed by atoms with E-state index in [0.717, 1.165) is 44.6 Å². The summed E-state index contributed by atoms with van der Waals surface area (Å²) in [5.74, 6) is 0. The van der Waals surface area contributed by atoms with Gasteiger partial charge in [-0.25, -0.2) is 8.42 Å². The standard InChI is InChI=1S/C39H28N2O2S/c1-39(2)31-23-25(40-33-15-7-3-11-27(33)28-12-4-8-16-34(28)40)19-21-37(31)44(42,43)38-22-20-26(24-32(38)39)41-35-17-9-5-13-29(35)30-14-6-10-18-36(30)41/h3-24H,1-2H3. The molecule has 3 heterocycles. The first-order chi connectivity index (χ1) is 21.4. The molecule has 0 radical (unpaired) electrons. The Morgan fingerprint density at radius 2 is 0.773 bits per heavy atom. The molecule has 0 bridgehead atoms. The van der Waals surface area contributed by atoms with E-state index in [1.807, 2.05) is 12.1 Å². The van der Waals surface area contributed by atoms with Crippen LogP contribution in [0.25, 0.3) is 55.0 Å². The van der Waals surface area contributed by atoms with Crippen molar-refractivity contribution < 1.29 is 8.42 Å². The van der Waals surface area contributed by atoms with Crippen molar-refractivity contribution in [3.05, 3.63) is 145 Å². The van der Waals surface area contributed by atoms with Gasteiger partial charge in [0.2, 0.25) is 9.84 Å². The van der Waals surface area contributed by atoms with Crippen LogP contribution in [0.5, 0.6) is 0 Å². The lowest BCUT2D eigenvalue weighted by Gasteiger charge is -2.35. The van der Waals surface area contributed by atoms with Crippen LogP contribution in [0.1, 0.15) is 25.0 Å². The van der Waals surface area contributed by atoms with Crippen LogP contribution < -0.4 is 0 Å². The maximum Gasteiger partial charge on any atom is 0.207 e. The highest BCUT2D eigenvalue weighted by Gasteiger charge is 2.41. The van der Waals surface area contributed by atoms with E-state index < -0.39 is 15.3 Å². The van der Waals surface area contributed by atoms with Crippen molar-refractivity contribution in [3.63, 3.8) is 0 Å². The summed E-state index contributed by atoms with van der Waals surface area (Å²) in [4.78, 5) is 0.758. The molecule has 1 aliphatic heterocycles. The van der Waals surface area contributed by atoms with Crippen molar-refractivity contribution in [1.29, 1.82) is 0 Å². The molecular formula is C39H28N2O2S. The fourth-order valence-electron chi connectivity index (χ4n) is 7.42. The maximum absolute atomic E-state index is 14.2. The second kappa shape index (κ2) is 8.71. The minimum atomic E-state index is -3.73. The van der Waals surface area contributed by atoms with Gasteiger partial charge in [-0.1, -0.05) is 86.6 Å². The highest BCUT2D eigenvalue weighted by Crippen LogP contribution is 2.48. The van der Waals surface area contributed by atoms with Gasteiger partial charge in [0.05, 0.1) is 31.9 Å². The van der Waals surface area contributed by atoms with Crippen LogP contribution in [0.4, 0.5) is 0 Å². The van der Waals surface area contributed by atoms with E-state index >= 15 is 0 Å². The molecule has 5 heteroatoms. The predicted octanol–water partition coefficient (Wildman–Crippen LogP) is 9.35. The first-order valence-electron chi connectivity index (χ1n) is 14.9. The van der Waals surface area contributed by atoms with Crippen LogP contribution in [-0.4, -0.2) is 17.6 Å². The average Bonchev–Trinajstić information content (AvgIpc) is 3.57. The molecule has 0 saturated heterocycles. The fraction of sp³-hybridized carbons (Fsp3) is 0.0769. The van der Waals surface area contributed by atoms with Gasteiger partial charge in [0.15, 0.2) is 0 Å². The molecule has 8 aromatic rings. The number of fused-ring (bicyclic) bond motifs is 8. The van der Waals surface area contributed by atoms with Crippen LogP contribution in [0, 0.1) is 0 Å². The first kappa shape index (κ1) is 25.4. The summed E-state index contributed by atoms with van der Waals surface area (Å²) < 4.78 is 32.9.